The van der Waals surface area contributed by atoms with Crippen LogP contribution in [-0.4, -0.2) is 32.5 Å². The minimum atomic E-state index is -0.0929. The zero-order valence-corrected chi connectivity index (χ0v) is 16.7. The van der Waals surface area contributed by atoms with Crippen molar-refractivity contribution in [2.24, 2.45) is 17.4 Å². The number of nitrogens with zero attached hydrogens (tertiary/aromatic N) is 3. The summed E-state index contributed by atoms with van der Waals surface area (Å²) >= 11 is 0. The molecular weight excluding hydrogens is 360 g/mol. The molecule has 0 fully saturated rings. The highest BCUT2D eigenvalue weighted by molar-refractivity contribution is 5.27. The lowest BCUT2D eigenvalue weighted by atomic mass is 9.70. The maximum Gasteiger partial charge on any atom is 0.111 e. The van der Waals surface area contributed by atoms with Gasteiger partial charge in [0.05, 0.1) is 0 Å². The number of nitrogens with two attached hydrogens (primary N) is 2. The fourth-order valence-electron chi connectivity index (χ4n) is 4.85. The average molecular weight is 391 g/mol. The van der Waals surface area contributed by atoms with E-state index in [1.54, 1.807) is 6.20 Å². The Bertz CT molecular complexity index is 879. The molecule has 0 spiro atoms. The van der Waals surface area contributed by atoms with Crippen LogP contribution in [0.3, 0.4) is 0 Å². The van der Waals surface area contributed by atoms with Crippen LogP contribution >= 0.6 is 0 Å². The van der Waals surface area contributed by atoms with E-state index >= 15 is 0 Å². The quantitative estimate of drug-likeness (QED) is 0.548. The van der Waals surface area contributed by atoms with Gasteiger partial charge < -0.3 is 16.5 Å². The summed E-state index contributed by atoms with van der Waals surface area (Å²) < 4.78 is 0. The second-order valence-corrected chi connectivity index (χ2v) is 7.97. The Hall–Kier alpha value is -2.57. The number of aromatic amines is 1. The molecular formula is C23H30N6. The van der Waals surface area contributed by atoms with Gasteiger partial charge in [0, 0.05) is 60.5 Å². The maximum absolute atomic E-state index is 7.00. The Morgan fingerprint density at radius 3 is 2.72 bits per heavy atom. The number of aromatic nitrogens is 4. The van der Waals surface area contributed by atoms with E-state index in [0.29, 0.717) is 12.5 Å². The Morgan fingerprint density at radius 1 is 1.07 bits per heavy atom. The summed E-state index contributed by atoms with van der Waals surface area (Å²) in [4.78, 5) is 17.1. The molecule has 3 heterocycles. The molecule has 29 heavy (non-hydrogen) atoms. The number of hydrogen-bond donors (Lipinski definition) is 3. The summed E-state index contributed by atoms with van der Waals surface area (Å²) in [5.74, 6) is 1.54. The summed E-state index contributed by atoms with van der Waals surface area (Å²) in [5.41, 5.74) is 16.7. The first kappa shape index (κ1) is 19.7. The molecule has 152 valence electrons. The van der Waals surface area contributed by atoms with Crippen LogP contribution in [0.2, 0.25) is 0 Å². The maximum atomic E-state index is 7.00. The van der Waals surface area contributed by atoms with Crippen LogP contribution in [0.4, 0.5) is 0 Å². The average Bonchev–Trinajstić information content (AvgIpc) is 3.30. The minimum Gasteiger partial charge on any atom is -0.348 e. The van der Waals surface area contributed by atoms with Crippen LogP contribution in [0.5, 0.6) is 0 Å². The van der Waals surface area contributed by atoms with Gasteiger partial charge in [-0.2, -0.15) is 0 Å². The second-order valence-electron chi connectivity index (χ2n) is 7.97. The summed E-state index contributed by atoms with van der Waals surface area (Å²) in [6.07, 6.45) is 12.4. The van der Waals surface area contributed by atoms with E-state index in [4.69, 9.17) is 16.5 Å². The highest BCUT2D eigenvalue weighted by Gasteiger charge is 2.37. The van der Waals surface area contributed by atoms with Gasteiger partial charge >= 0.3 is 0 Å². The molecule has 0 aromatic carbocycles. The van der Waals surface area contributed by atoms with E-state index in [2.05, 4.69) is 27.1 Å². The van der Waals surface area contributed by atoms with Crippen LogP contribution < -0.4 is 11.5 Å². The van der Waals surface area contributed by atoms with E-state index in [1.807, 2.05) is 36.8 Å². The van der Waals surface area contributed by atoms with Crippen molar-refractivity contribution in [2.75, 3.05) is 6.54 Å². The first-order valence-corrected chi connectivity index (χ1v) is 10.6. The predicted molar refractivity (Wildman–Crippen MR) is 114 cm³/mol. The molecule has 4 unspecified atom stereocenters. The fourth-order valence-corrected chi connectivity index (χ4v) is 4.85. The molecule has 4 rings (SSSR count). The number of fused-ring (bicyclic) bond motifs is 1. The van der Waals surface area contributed by atoms with Crippen molar-refractivity contribution in [1.29, 1.82) is 0 Å². The van der Waals surface area contributed by atoms with Crippen molar-refractivity contribution < 1.29 is 0 Å². The summed E-state index contributed by atoms with van der Waals surface area (Å²) in [7, 11) is 0. The molecule has 3 aromatic rings. The van der Waals surface area contributed by atoms with Gasteiger partial charge in [-0.15, -0.1) is 0 Å². The molecule has 0 bridgehead atoms. The number of pyridine rings is 2. The van der Waals surface area contributed by atoms with Gasteiger partial charge in [0.15, 0.2) is 0 Å². The van der Waals surface area contributed by atoms with E-state index < -0.39 is 0 Å². The van der Waals surface area contributed by atoms with Gasteiger partial charge in [-0.25, -0.2) is 4.98 Å². The SMILES string of the molecule is NCCC(C1CCCc2cccnc21)C(N)C(Cc1ccccn1)c1ncc[nH]1. The number of hydrogen-bond acceptors (Lipinski definition) is 5. The monoisotopic (exact) mass is 390 g/mol. The lowest BCUT2D eigenvalue weighted by Gasteiger charge is -2.37. The molecule has 6 nitrogen and oxygen atoms in total. The zero-order valence-electron chi connectivity index (χ0n) is 16.7. The number of H-pyrrole nitrogens is 1. The first-order valence-electron chi connectivity index (χ1n) is 10.6. The predicted octanol–water partition coefficient (Wildman–Crippen LogP) is 2.94. The summed E-state index contributed by atoms with van der Waals surface area (Å²) in [6.45, 7) is 0.617. The summed E-state index contributed by atoms with van der Waals surface area (Å²) in [6, 6.07) is 10.2. The molecule has 1 aliphatic carbocycles. The molecule has 0 saturated carbocycles. The van der Waals surface area contributed by atoms with Crippen LogP contribution in [-0.2, 0) is 12.8 Å². The van der Waals surface area contributed by atoms with Crippen LogP contribution in [0.15, 0.2) is 55.1 Å². The normalized spacial score (nSPS) is 19.3. The number of aryl methyl sites for hydroxylation is 1. The Balaban J connectivity index is 1.66. The fraction of sp³-hybridized carbons (Fsp3) is 0.435. The molecule has 5 N–H and O–H groups in total. The van der Waals surface area contributed by atoms with Gasteiger partial charge in [0.1, 0.15) is 5.82 Å². The van der Waals surface area contributed by atoms with Crippen LogP contribution in [0.25, 0.3) is 0 Å². The molecule has 0 amide bonds. The van der Waals surface area contributed by atoms with Gasteiger partial charge in [-0.1, -0.05) is 12.1 Å². The molecule has 0 saturated heterocycles. The van der Waals surface area contributed by atoms with Gasteiger partial charge in [0.25, 0.3) is 0 Å². The van der Waals surface area contributed by atoms with Gasteiger partial charge in [-0.05, 0) is 61.9 Å². The lowest BCUT2D eigenvalue weighted by Crippen LogP contribution is -2.42. The van der Waals surface area contributed by atoms with E-state index in [9.17, 15) is 0 Å². The third-order valence-electron chi connectivity index (χ3n) is 6.24. The van der Waals surface area contributed by atoms with E-state index in [0.717, 1.165) is 37.2 Å². The molecule has 0 radical (unpaired) electrons. The standard InChI is InChI=1S/C23H30N6/c24-10-9-18(19-8-3-5-16-6-4-12-27-22(16)19)21(25)20(23-28-13-14-29-23)15-17-7-1-2-11-26-17/h1-2,4,6-7,11-14,18-21H,3,5,8-10,15,24-25H2,(H,28,29). The van der Waals surface area contributed by atoms with E-state index in [-0.39, 0.29) is 17.9 Å². The van der Waals surface area contributed by atoms with Gasteiger partial charge in [0.2, 0.25) is 0 Å². The van der Waals surface area contributed by atoms with Crippen LogP contribution in [0.1, 0.15) is 53.9 Å². The summed E-state index contributed by atoms with van der Waals surface area (Å²) in [5, 5.41) is 0. The van der Waals surface area contributed by atoms with Crippen LogP contribution in [0, 0.1) is 5.92 Å². The molecule has 0 aliphatic heterocycles. The zero-order chi connectivity index (χ0) is 20.1. The van der Waals surface area contributed by atoms with Crippen molar-refractivity contribution in [3.63, 3.8) is 0 Å². The third kappa shape index (κ3) is 4.38. The van der Waals surface area contributed by atoms with E-state index in [1.165, 1.54) is 17.7 Å². The Kier molecular flexibility index (Phi) is 6.32. The van der Waals surface area contributed by atoms with Crippen molar-refractivity contribution in [3.8, 4) is 0 Å². The molecule has 3 aromatic heterocycles. The molecule has 1 aliphatic rings. The number of nitrogens with one attached hydrogen (secondary N) is 1. The highest BCUT2D eigenvalue weighted by Crippen LogP contribution is 2.41. The number of rotatable bonds is 8. The van der Waals surface area contributed by atoms with Crippen molar-refractivity contribution >= 4 is 0 Å². The van der Waals surface area contributed by atoms with Crippen molar-refractivity contribution in [2.45, 2.75) is 50.0 Å². The van der Waals surface area contributed by atoms with Gasteiger partial charge in [-0.3, -0.25) is 9.97 Å². The van der Waals surface area contributed by atoms with Crippen molar-refractivity contribution in [3.05, 3.63) is 77.9 Å². The minimum absolute atomic E-state index is 0.0468. The third-order valence-corrected chi connectivity index (χ3v) is 6.24. The largest absolute Gasteiger partial charge is 0.348 e. The molecule has 6 heteroatoms. The van der Waals surface area contributed by atoms with Crippen molar-refractivity contribution in [1.82, 2.24) is 19.9 Å². The molecule has 4 atom stereocenters. The first-order chi connectivity index (χ1) is 14.3. The second kappa shape index (κ2) is 9.29. The smallest absolute Gasteiger partial charge is 0.111 e. The topological polar surface area (TPSA) is 106 Å². The highest BCUT2D eigenvalue weighted by atomic mass is 14.9. The number of imidazole rings is 1. The Labute approximate surface area is 172 Å². The lowest BCUT2D eigenvalue weighted by molar-refractivity contribution is 0.267. The Morgan fingerprint density at radius 2 is 1.97 bits per heavy atom.